The first-order valence-electron chi connectivity index (χ1n) is 1.85. The zero-order chi connectivity index (χ0) is 10.6. The molecule has 11 heteroatoms. The van der Waals surface area contributed by atoms with Gasteiger partial charge in [-0.3, -0.25) is 9.11 Å². The Morgan fingerprint density at radius 2 is 1.25 bits per heavy atom. The van der Waals surface area contributed by atoms with Gasteiger partial charge in [0.05, 0.1) is 0 Å². The fourth-order valence-corrected chi connectivity index (χ4v) is 0. The number of hydrogen-bond acceptors (Lipinski definition) is 4. The Morgan fingerprint density at radius 3 is 1.25 bits per heavy atom. The molecule has 0 saturated carbocycles. The van der Waals surface area contributed by atoms with Crippen molar-refractivity contribution in [2.45, 2.75) is 5.51 Å². The van der Waals surface area contributed by atoms with Crippen LogP contribution in [-0.2, 0) is 21.1 Å². The van der Waals surface area contributed by atoms with Crippen molar-refractivity contribution in [1.82, 2.24) is 0 Å². The Balaban J connectivity index is 0. The van der Waals surface area contributed by atoms with Gasteiger partial charge in [0, 0.05) is 0 Å². The molecule has 2 N–H and O–H groups in total. The zero-order valence-corrected chi connectivity index (χ0v) is 6.73. The van der Waals surface area contributed by atoms with Crippen molar-refractivity contribution in [3.05, 3.63) is 0 Å². The van der Waals surface area contributed by atoms with E-state index in [1.807, 2.05) is 0 Å². The van der Waals surface area contributed by atoms with E-state index in [1.165, 1.54) is 0 Å². The maximum Gasteiger partial charge on any atom is 0.522 e. The van der Waals surface area contributed by atoms with Crippen LogP contribution in [-0.4, -0.2) is 31.4 Å². The topological polar surface area (TPSA) is 109 Å². The molecule has 0 rings (SSSR count). The molecule has 0 unspecified atom stereocenters. The van der Waals surface area contributed by atoms with Gasteiger partial charge in [-0.1, -0.05) is 0 Å². The molecular formula is CH3F3O6S2. The summed E-state index contributed by atoms with van der Waals surface area (Å²) in [5.74, 6) is 0. The van der Waals surface area contributed by atoms with E-state index in [0.29, 0.717) is 0 Å². The van der Waals surface area contributed by atoms with Gasteiger partial charge in [0.25, 0.3) is 11.0 Å². The smallest absolute Gasteiger partial charge is 0.288 e. The fraction of sp³-hybridized carbons (Fsp3) is 1.00. The Labute approximate surface area is 66.5 Å². The highest BCUT2D eigenvalue weighted by Crippen LogP contribution is 2.20. The van der Waals surface area contributed by atoms with Crippen molar-refractivity contribution < 1.29 is 39.1 Å². The lowest BCUT2D eigenvalue weighted by Crippen LogP contribution is -2.21. The molecule has 6 nitrogen and oxygen atoms in total. The van der Waals surface area contributed by atoms with Gasteiger partial charge in [0.15, 0.2) is 0 Å². The van der Waals surface area contributed by atoms with Crippen LogP contribution in [0.3, 0.4) is 0 Å². The van der Waals surface area contributed by atoms with Crippen LogP contribution in [0.2, 0.25) is 0 Å². The molecule has 0 radical (unpaired) electrons. The number of thiol groups is 1. The van der Waals surface area contributed by atoms with E-state index in [2.05, 4.69) is 0 Å². The average Bonchev–Trinajstić information content (AvgIpc) is 1.55. The third-order valence-electron chi connectivity index (χ3n) is 0.292. The Kier molecular flexibility index (Phi) is 5.41. The molecule has 0 amide bonds. The Hall–Kier alpha value is -0.390. The summed E-state index contributed by atoms with van der Waals surface area (Å²) in [6.07, 6.45) is 0. The summed E-state index contributed by atoms with van der Waals surface area (Å²) in [5, 5.41) is 0. The molecule has 0 aromatic carbocycles. The highest BCUT2D eigenvalue weighted by molar-refractivity contribution is 7.86. The van der Waals surface area contributed by atoms with Gasteiger partial charge < -0.3 is 0 Å². The van der Waals surface area contributed by atoms with Crippen molar-refractivity contribution in [2.24, 2.45) is 0 Å². The van der Waals surface area contributed by atoms with E-state index >= 15 is 0 Å². The van der Waals surface area contributed by atoms with Crippen LogP contribution in [0, 0.1) is 0 Å². The molecule has 0 aliphatic heterocycles. The van der Waals surface area contributed by atoms with Gasteiger partial charge in [0.2, 0.25) is 0 Å². The molecule has 0 bridgehead atoms. The zero-order valence-electron chi connectivity index (χ0n) is 5.02. The average molecular weight is 232 g/mol. The first-order chi connectivity index (χ1) is 4.98. The standard InChI is InChI=1S/CHF3O3S.H2O3S/c2-1(3,4)8(5,6)7;1-4(2)3/h(H,5,6,7);4H,(H,1,2,3). The van der Waals surface area contributed by atoms with E-state index in [0.717, 1.165) is 0 Å². The summed E-state index contributed by atoms with van der Waals surface area (Å²) in [6.45, 7) is 0. The maximum atomic E-state index is 10.7. The highest BCUT2D eigenvalue weighted by Gasteiger charge is 2.44. The van der Waals surface area contributed by atoms with Crippen molar-refractivity contribution in [3.8, 4) is 0 Å². The van der Waals surface area contributed by atoms with Gasteiger partial charge in [-0.05, 0) is 0 Å². The minimum Gasteiger partial charge on any atom is -0.288 e. The predicted octanol–water partition coefficient (Wildman–Crippen LogP) is -0.535. The first kappa shape index (κ1) is 14.2. The largest absolute Gasteiger partial charge is 0.522 e. The van der Waals surface area contributed by atoms with Crippen molar-refractivity contribution >= 4 is 21.1 Å². The molecule has 0 aromatic heterocycles. The molecule has 0 heterocycles. The lowest BCUT2D eigenvalue weighted by Gasteiger charge is -1.97. The van der Waals surface area contributed by atoms with Crippen molar-refractivity contribution in [1.29, 1.82) is 0 Å². The summed E-state index contributed by atoms with van der Waals surface area (Å²) >= 11 is 0. The van der Waals surface area contributed by atoms with Crippen LogP contribution in [0.4, 0.5) is 13.2 Å². The van der Waals surface area contributed by atoms with E-state index in [9.17, 15) is 13.2 Å². The number of alkyl halides is 3. The molecule has 0 aliphatic carbocycles. The monoisotopic (exact) mass is 232 g/mol. The third kappa shape index (κ3) is 9.61. The molecular weight excluding hydrogens is 229 g/mol. The summed E-state index contributed by atoms with van der Waals surface area (Å²) in [4.78, 5) is 0. The van der Waals surface area contributed by atoms with Gasteiger partial charge >= 0.3 is 15.6 Å². The second-order valence-corrected chi connectivity index (χ2v) is 3.05. The number of halogens is 3. The van der Waals surface area contributed by atoms with E-state index < -0.39 is 26.6 Å². The lowest BCUT2D eigenvalue weighted by atomic mass is 11.6. The third-order valence-corrected chi connectivity index (χ3v) is 0.877. The fourth-order valence-electron chi connectivity index (χ4n) is 0. The van der Waals surface area contributed by atoms with Crippen LogP contribution >= 0.6 is 0 Å². The minimum atomic E-state index is -5.84. The summed E-state index contributed by atoms with van der Waals surface area (Å²) in [7, 11) is -8.96. The summed E-state index contributed by atoms with van der Waals surface area (Å²) in [6, 6.07) is 0. The molecule has 0 aliphatic rings. The molecule has 0 atom stereocenters. The minimum absolute atomic E-state index is 3.12. The van der Waals surface area contributed by atoms with Gasteiger partial charge in [-0.25, -0.2) is 8.42 Å². The van der Waals surface area contributed by atoms with Crippen LogP contribution < -0.4 is 0 Å². The Morgan fingerprint density at radius 1 is 1.17 bits per heavy atom. The first-order valence-corrected chi connectivity index (χ1v) is 4.42. The second kappa shape index (κ2) is 4.59. The molecule has 0 saturated heterocycles. The van der Waals surface area contributed by atoms with E-state index in [1.54, 1.807) is 0 Å². The maximum absolute atomic E-state index is 10.7. The van der Waals surface area contributed by atoms with Crippen LogP contribution in [0.25, 0.3) is 0 Å². The second-order valence-electron chi connectivity index (χ2n) is 1.16. The quantitative estimate of drug-likeness (QED) is 0.294. The molecule has 0 fully saturated rings. The van der Waals surface area contributed by atoms with E-state index in [4.69, 9.17) is 25.9 Å². The van der Waals surface area contributed by atoms with Crippen LogP contribution in [0.1, 0.15) is 0 Å². The number of rotatable bonds is 0. The van der Waals surface area contributed by atoms with Gasteiger partial charge in [-0.15, -0.1) is 0 Å². The molecule has 76 valence electrons. The number of hydrogen-bond donors (Lipinski definition) is 3. The molecule has 0 spiro atoms. The Bertz CT molecular complexity index is 274. The van der Waals surface area contributed by atoms with Crippen LogP contribution in [0.5, 0.6) is 0 Å². The summed E-state index contributed by atoms with van der Waals surface area (Å²) in [5.41, 5.74) is -5.53. The predicted molar refractivity (Wildman–Crippen MR) is 30.5 cm³/mol. The SMILES string of the molecule is O=S(=O)(O)C(F)(F)F.O=[SH](=O)O. The van der Waals surface area contributed by atoms with Crippen LogP contribution in [0.15, 0.2) is 0 Å². The highest BCUT2D eigenvalue weighted by atomic mass is 32.2. The van der Waals surface area contributed by atoms with E-state index in [-0.39, 0.29) is 0 Å². The van der Waals surface area contributed by atoms with Gasteiger partial charge in [-0.2, -0.15) is 21.6 Å². The molecule has 0 aromatic rings. The van der Waals surface area contributed by atoms with Gasteiger partial charge in [0.1, 0.15) is 0 Å². The normalized spacial score (nSPS) is 12.2. The summed E-state index contributed by atoms with van der Waals surface area (Å²) < 4.78 is 81.7. The molecule has 12 heavy (non-hydrogen) atoms. The van der Waals surface area contributed by atoms with Crippen molar-refractivity contribution in [3.63, 3.8) is 0 Å². The lowest BCUT2D eigenvalue weighted by molar-refractivity contribution is -0.0510. The van der Waals surface area contributed by atoms with Crippen molar-refractivity contribution in [2.75, 3.05) is 0 Å².